The number of para-hydroxylation sites is 2. The predicted molar refractivity (Wildman–Crippen MR) is 108 cm³/mol. The number of fused-ring (bicyclic) bond motifs is 10. The van der Waals surface area contributed by atoms with E-state index in [1.54, 1.807) is 36.4 Å². The number of likely N-dealkylation sites (N-methyl/N-ethyl adjacent to an activating group) is 1. The molecule has 4 heterocycles. The molecule has 0 spiro atoms. The Hall–Kier alpha value is -3.62. The number of aromatic nitrogens is 2. The van der Waals surface area contributed by atoms with Gasteiger partial charge < -0.3 is 19.9 Å². The Balaban J connectivity index is 1.93. The number of amides is 2. The lowest BCUT2D eigenvalue weighted by molar-refractivity contribution is -0.193. The Bertz CT molecular complexity index is 1430. The number of rotatable bonds is 1. The maximum atomic E-state index is 13.3. The van der Waals surface area contributed by atoms with Gasteiger partial charge in [-0.3, -0.25) is 19.1 Å². The highest BCUT2D eigenvalue weighted by Crippen LogP contribution is 2.58. The van der Waals surface area contributed by atoms with E-state index in [9.17, 15) is 19.8 Å². The summed E-state index contributed by atoms with van der Waals surface area (Å²) in [5, 5.41) is 24.9. The summed E-state index contributed by atoms with van der Waals surface area (Å²) in [6.07, 6.45) is 0. The molecule has 0 aliphatic carbocycles. The van der Waals surface area contributed by atoms with Gasteiger partial charge >= 0.3 is 0 Å². The highest BCUT2D eigenvalue weighted by atomic mass is 16.5. The number of nitrogens with zero attached hydrogens (tertiary/aromatic N) is 2. The van der Waals surface area contributed by atoms with Crippen molar-refractivity contribution in [3.05, 3.63) is 54.1 Å². The number of methoxy groups -OCH3 is 1. The summed E-state index contributed by atoms with van der Waals surface area (Å²) >= 11 is 0. The average molecular weight is 403 g/mol. The fourth-order valence-corrected chi connectivity index (χ4v) is 5.08. The van der Waals surface area contributed by atoms with Crippen LogP contribution in [0.4, 0.5) is 0 Å². The standard InChI is InChI=1S/C22H17N3O5/c1-24-19(26)21(28)15-11-7-3-5-9-13(11)23-16(15)17-18(30-2)12-8-4-6-10-14(12)25(17)22(21,29)20(24)27/h3-10,23,28-29H,1-2H3. The van der Waals surface area contributed by atoms with E-state index in [1.807, 2.05) is 12.1 Å². The third-order valence-corrected chi connectivity index (χ3v) is 6.38. The normalized spacial score (nSPS) is 25.0. The number of likely N-dealkylation sites (tertiary alicyclic amines) is 1. The molecule has 30 heavy (non-hydrogen) atoms. The summed E-state index contributed by atoms with van der Waals surface area (Å²) in [5.74, 6) is -1.36. The molecule has 1 fully saturated rings. The van der Waals surface area contributed by atoms with E-state index in [0.29, 0.717) is 38.9 Å². The minimum Gasteiger partial charge on any atom is -0.494 e. The first kappa shape index (κ1) is 17.3. The first-order valence-electron chi connectivity index (χ1n) is 9.44. The number of hydrogen-bond acceptors (Lipinski definition) is 5. The molecule has 2 amide bonds. The van der Waals surface area contributed by atoms with Crippen molar-refractivity contribution in [2.75, 3.05) is 14.2 Å². The van der Waals surface area contributed by atoms with Crippen LogP contribution in [0.15, 0.2) is 48.5 Å². The first-order chi connectivity index (χ1) is 14.4. The monoisotopic (exact) mass is 403 g/mol. The van der Waals surface area contributed by atoms with Crippen molar-refractivity contribution in [2.24, 2.45) is 0 Å². The molecule has 8 heteroatoms. The molecule has 2 aliphatic rings. The topological polar surface area (TPSA) is 108 Å². The fourth-order valence-electron chi connectivity index (χ4n) is 5.08. The summed E-state index contributed by atoms with van der Waals surface area (Å²) in [5.41, 5.74) is -2.96. The summed E-state index contributed by atoms with van der Waals surface area (Å²) in [6.45, 7) is 0. The Kier molecular flexibility index (Phi) is 2.93. The zero-order chi connectivity index (χ0) is 21.0. The Morgan fingerprint density at radius 3 is 2.37 bits per heavy atom. The van der Waals surface area contributed by atoms with Crippen LogP contribution >= 0.6 is 0 Å². The van der Waals surface area contributed by atoms with Gasteiger partial charge in [0.05, 0.1) is 18.3 Å². The van der Waals surface area contributed by atoms with Gasteiger partial charge in [-0.05, 0) is 18.2 Å². The van der Waals surface area contributed by atoms with Gasteiger partial charge in [0.1, 0.15) is 5.69 Å². The molecule has 2 atom stereocenters. The van der Waals surface area contributed by atoms with E-state index in [2.05, 4.69) is 4.98 Å². The van der Waals surface area contributed by atoms with Crippen LogP contribution in [0.2, 0.25) is 0 Å². The predicted octanol–water partition coefficient (Wildman–Crippen LogP) is 1.64. The van der Waals surface area contributed by atoms with Gasteiger partial charge in [-0.2, -0.15) is 0 Å². The quantitative estimate of drug-likeness (QED) is 0.419. The van der Waals surface area contributed by atoms with Crippen molar-refractivity contribution in [3.63, 3.8) is 0 Å². The number of nitrogens with one attached hydrogen (secondary N) is 1. The molecule has 2 aliphatic heterocycles. The number of aliphatic hydroxyl groups is 2. The van der Waals surface area contributed by atoms with Crippen molar-refractivity contribution in [1.82, 2.24) is 14.5 Å². The molecule has 0 bridgehead atoms. The number of imide groups is 1. The van der Waals surface area contributed by atoms with E-state index < -0.39 is 23.1 Å². The molecule has 8 nitrogen and oxygen atoms in total. The Labute approximate surface area is 169 Å². The molecule has 2 unspecified atom stereocenters. The SMILES string of the molecule is COc1c2n(c3ccccc13)C1(O)C(=O)N(C)C(=O)C1(O)c1c-2[nH]c2ccccc12. The lowest BCUT2D eigenvalue weighted by atomic mass is 9.79. The van der Waals surface area contributed by atoms with Crippen LogP contribution < -0.4 is 4.74 Å². The lowest BCUT2D eigenvalue weighted by Crippen LogP contribution is -2.58. The third kappa shape index (κ3) is 1.53. The van der Waals surface area contributed by atoms with Crippen LogP contribution in [-0.2, 0) is 20.9 Å². The smallest absolute Gasteiger partial charge is 0.286 e. The number of benzene rings is 2. The average Bonchev–Trinajstić information content (AvgIpc) is 3.35. The van der Waals surface area contributed by atoms with Crippen molar-refractivity contribution in [2.45, 2.75) is 11.3 Å². The Morgan fingerprint density at radius 1 is 0.967 bits per heavy atom. The third-order valence-electron chi connectivity index (χ3n) is 6.38. The number of hydrogen-bond donors (Lipinski definition) is 3. The number of H-pyrrole nitrogens is 1. The molecular formula is C22H17N3O5. The first-order valence-corrected chi connectivity index (χ1v) is 9.44. The lowest BCUT2D eigenvalue weighted by Gasteiger charge is -2.40. The van der Waals surface area contributed by atoms with Crippen LogP contribution in [0.3, 0.4) is 0 Å². The molecule has 4 aromatic rings. The molecule has 1 saturated heterocycles. The minimum atomic E-state index is -2.57. The highest BCUT2D eigenvalue weighted by Gasteiger charge is 2.74. The summed E-state index contributed by atoms with van der Waals surface area (Å²) in [6, 6.07) is 14.2. The Morgan fingerprint density at radius 2 is 1.63 bits per heavy atom. The van der Waals surface area contributed by atoms with Crippen LogP contribution in [0, 0.1) is 0 Å². The largest absolute Gasteiger partial charge is 0.494 e. The van der Waals surface area contributed by atoms with Crippen molar-refractivity contribution >= 4 is 33.6 Å². The van der Waals surface area contributed by atoms with Crippen LogP contribution in [-0.4, -0.2) is 50.6 Å². The van der Waals surface area contributed by atoms with Crippen molar-refractivity contribution in [1.29, 1.82) is 0 Å². The molecule has 150 valence electrons. The van der Waals surface area contributed by atoms with Gasteiger partial charge in [0, 0.05) is 28.9 Å². The second-order valence-corrected chi connectivity index (χ2v) is 7.71. The van der Waals surface area contributed by atoms with Crippen molar-refractivity contribution < 1.29 is 24.5 Å². The van der Waals surface area contributed by atoms with Gasteiger partial charge in [-0.25, -0.2) is 0 Å². The van der Waals surface area contributed by atoms with Gasteiger partial charge in [0.15, 0.2) is 5.75 Å². The molecule has 0 saturated carbocycles. The number of aromatic amines is 1. The van der Waals surface area contributed by atoms with Crippen molar-refractivity contribution in [3.8, 4) is 17.1 Å². The van der Waals surface area contributed by atoms with E-state index in [4.69, 9.17) is 4.74 Å². The molecule has 3 N–H and O–H groups in total. The maximum absolute atomic E-state index is 13.3. The zero-order valence-electron chi connectivity index (χ0n) is 16.1. The van der Waals surface area contributed by atoms with Gasteiger partial charge in [-0.15, -0.1) is 0 Å². The summed E-state index contributed by atoms with van der Waals surface area (Å²) < 4.78 is 7.01. The van der Waals surface area contributed by atoms with Crippen LogP contribution in [0.25, 0.3) is 33.2 Å². The van der Waals surface area contributed by atoms with E-state index in [0.717, 1.165) is 4.90 Å². The van der Waals surface area contributed by atoms with Gasteiger partial charge in [-0.1, -0.05) is 30.3 Å². The summed E-state index contributed by atoms with van der Waals surface area (Å²) in [7, 11) is 2.76. The molecule has 2 aromatic heterocycles. The summed E-state index contributed by atoms with van der Waals surface area (Å²) in [4.78, 5) is 30.6. The molecule has 2 aromatic carbocycles. The zero-order valence-corrected chi connectivity index (χ0v) is 16.1. The highest BCUT2D eigenvalue weighted by molar-refractivity contribution is 6.17. The number of carbonyl (C=O) groups excluding carboxylic acids is 2. The van der Waals surface area contributed by atoms with Gasteiger partial charge in [0.2, 0.25) is 5.60 Å². The fraction of sp³-hybridized carbons (Fsp3) is 0.182. The second kappa shape index (κ2) is 5.10. The van der Waals surface area contributed by atoms with E-state index >= 15 is 0 Å². The number of ether oxygens (including phenoxy) is 1. The number of carbonyl (C=O) groups is 2. The second-order valence-electron chi connectivity index (χ2n) is 7.71. The van der Waals surface area contributed by atoms with E-state index in [1.165, 1.54) is 18.7 Å². The molecule has 6 rings (SSSR count). The molecular weight excluding hydrogens is 386 g/mol. The van der Waals surface area contributed by atoms with E-state index in [-0.39, 0.29) is 5.56 Å². The van der Waals surface area contributed by atoms with Crippen LogP contribution in [0.1, 0.15) is 5.56 Å². The minimum absolute atomic E-state index is 0.164. The maximum Gasteiger partial charge on any atom is 0.286 e. The van der Waals surface area contributed by atoms with Crippen LogP contribution in [0.5, 0.6) is 5.75 Å². The van der Waals surface area contributed by atoms with Gasteiger partial charge in [0.25, 0.3) is 17.5 Å². The molecule has 0 radical (unpaired) electrons.